The molecule has 2 aromatic carbocycles. The maximum atomic E-state index is 12.4. The molecule has 1 aliphatic rings. The first-order valence-electron chi connectivity index (χ1n) is 10.7. The minimum Gasteiger partial charge on any atom is -0.495 e. The molecular weight excluding hydrogens is 426 g/mol. The molecule has 0 atom stereocenters. The highest BCUT2D eigenvalue weighted by atomic mass is 35.5. The Kier molecular flexibility index (Phi) is 7.07. The summed E-state index contributed by atoms with van der Waals surface area (Å²) in [5.74, 6) is 1.46. The van der Waals surface area contributed by atoms with E-state index in [0.29, 0.717) is 22.1 Å². The molecular formula is C24H26ClN5O2. The van der Waals surface area contributed by atoms with Gasteiger partial charge in [-0.1, -0.05) is 36.6 Å². The third-order valence-electron chi connectivity index (χ3n) is 5.43. The number of hydrogen-bond donors (Lipinski definition) is 2. The highest BCUT2D eigenvalue weighted by molar-refractivity contribution is 6.31. The predicted octanol–water partition coefficient (Wildman–Crippen LogP) is 5.83. The zero-order valence-corrected chi connectivity index (χ0v) is 18.7. The molecule has 4 rings (SSSR count). The van der Waals surface area contributed by atoms with Gasteiger partial charge in [-0.05, 0) is 55.3 Å². The fraction of sp³-hybridized carbons (Fsp3) is 0.292. The minimum atomic E-state index is -0.389. The number of urea groups is 1. The lowest BCUT2D eigenvalue weighted by molar-refractivity contribution is 0.262. The minimum absolute atomic E-state index is 0.389. The van der Waals surface area contributed by atoms with Gasteiger partial charge >= 0.3 is 6.03 Å². The summed E-state index contributed by atoms with van der Waals surface area (Å²) < 4.78 is 5.25. The average molecular weight is 452 g/mol. The summed E-state index contributed by atoms with van der Waals surface area (Å²) in [6.45, 7) is 2.08. The van der Waals surface area contributed by atoms with Crippen molar-refractivity contribution < 1.29 is 9.53 Å². The van der Waals surface area contributed by atoms with Crippen molar-refractivity contribution in [2.45, 2.75) is 25.7 Å². The third kappa shape index (κ3) is 5.48. The van der Waals surface area contributed by atoms with Gasteiger partial charge in [0.25, 0.3) is 0 Å². The number of halogens is 1. The van der Waals surface area contributed by atoms with Crippen molar-refractivity contribution in [1.82, 2.24) is 10.2 Å². The number of ether oxygens (including phenoxy) is 1. The molecule has 1 saturated heterocycles. The van der Waals surface area contributed by atoms with E-state index in [0.717, 1.165) is 30.2 Å². The highest BCUT2D eigenvalue weighted by Crippen LogP contribution is 2.28. The van der Waals surface area contributed by atoms with Gasteiger partial charge in [0.15, 0.2) is 5.82 Å². The Hall–Kier alpha value is -3.32. The smallest absolute Gasteiger partial charge is 0.323 e. The van der Waals surface area contributed by atoms with Crippen LogP contribution in [0.2, 0.25) is 5.02 Å². The van der Waals surface area contributed by atoms with E-state index in [1.54, 1.807) is 18.2 Å². The number of hydrogen-bond acceptors (Lipinski definition) is 5. The summed E-state index contributed by atoms with van der Waals surface area (Å²) >= 11 is 6.01. The maximum absolute atomic E-state index is 12.4. The van der Waals surface area contributed by atoms with Crippen LogP contribution < -0.4 is 20.3 Å². The maximum Gasteiger partial charge on any atom is 0.323 e. The Balaban J connectivity index is 1.38. The lowest BCUT2D eigenvalue weighted by Gasteiger charge is -2.20. The lowest BCUT2D eigenvalue weighted by atomic mass is 10.1. The Bertz CT molecular complexity index is 1050. The molecule has 8 heteroatoms. The van der Waals surface area contributed by atoms with E-state index in [4.69, 9.17) is 16.3 Å². The monoisotopic (exact) mass is 451 g/mol. The highest BCUT2D eigenvalue weighted by Gasteiger charge is 2.12. The van der Waals surface area contributed by atoms with Crippen LogP contribution in [0.5, 0.6) is 5.75 Å². The number of methoxy groups -OCH3 is 1. The van der Waals surface area contributed by atoms with Crippen LogP contribution in [0.15, 0.2) is 54.6 Å². The number of carbonyl (C=O) groups excluding carboxylic acids is 1. The number of nitrogens with one attached hydrogen (secondary N) is 2. The molecule has 0 saturated carbocycles. The summed E-state index contributed by atoms with van der Waals surface area (Å²) in [5, 5.41) is 14.9. The fourth-order valence-electron chi connectivity index (χ4n) is 3.73. The van der Waals surface area contributed by atoms with Crippen LogP contribution >= 0.6 is 11.6 Å². The van der Waals surface area contributed by atoms with Crippen molar-refractivity contribution in [1.29, 1.82) is 0 Å². The van der Waals surface area contributed by atoms with Crippen molar-refractivity contribution in [3.8, 4) is 17.0 Å². The molecule has 0 bridgehead atoms. The molecule has 2 amide bonds. The van der Waals surface area contributed by atoms with Gasteiger partial charge in [0.2, 0.25) is 0 Å². The average Bonchev–Trinajstić information content (AvgIpc) is 3.10. The van der Waals surface area contributed by atoms with Gasteiger partial charge in [-0.25, -0.2) is 4.79 Å². The first-order valence-corrected chi connectivity index (χ1v) is 11.1. The third-order valence-corrected chi connectivity index (χ3v) is 5.66. The van der Waals surface area contributed by atoms with E-state index in [9.17, 15) is 4.79 Å². The van der Waals surface area contributed by atoms with Crippen LogP contribution in [-0.4, -0.2) is 36.4 Å². The van der Waals surface area contributed by atoms with Gasteiger partial charge in [-0.2, -0.15) is 0 Å². The molecule has 2 N–H and O–H groups in total. The summed E-state index contributed by atoms with van der Waals surface area (Å²) in [7, 11) is 1.54. The van der Waals surface area contributed by atoms with Gasteiger partial charge in [0.1, 0.15) is 5.75 Å². The van der Waals surface area contributed by atoms with Crippen LogP contribution in [-0.2, 0) is 0 Å². The van der Waals surface area contributed by atoms with Crippen LogP contribution in [0.3, 0.4) is 0 Å². The summed E-state index contributed by atoms with van der Waals surface area (Å²) in [6.07, 6.45) is 4.98. The summed E-state index contributed by atoms with van der Waals surface area (Å²) in [6, 6.07) is 16.1. The van der Waals surface area contributed by atoms with Crippen molar-refractivity contribution in [3.63, 3.8) is 0 Å². The van der Waals surface area contributed by atoms with E-state index < -0.39 is 0 Å². The Morgan fingerprint density at radius 3 is 2.34 bits per heavy atom. The first-order chi connectivity index (χ1) is 15.6. The molecule has 7 nitrogen and oxygen atoms in total. The Morgan fingerprint density at radius 1 is 0.938 bits per heavy atom. The van der Waals surface area contributed by atoms with Gasteiger partial charge in [-0.15, -0.1) is 10.2 Å². The first kappa shape index (κ1) is 21.9. The zero-order chi connectivity index (χ0) is 22.3. The molecule has 3 aromatic rings. The standard InChI is InChI=1S/C24H26ClN5O2/c1-32-22-12-8-18(25)16-21(22)27-24(31)26-19-9-6-17(7-10-19)20-11-13-23(29-28-20)30-14-4-2-3-5-15-30/h6-13,16H,2-5,14-15H2,1H3,(H2,26,27,31). The molecule has 1 aromatic heterocycles. The number of amides is 2. The molecule has 1 fully saturated rings. The quantitative estimate of drug-likeness (QED) is 0.510. The molecule has 2 heterocycles. The van der Waals surface area contributed by atoms with Crippen LogP contribution in [0.25, 0.3) is 11.3 Å². The number of rotatable bonds is 5. The second-order valence-corrected chi connectivity index (χ2v) is 8.12. The van der Waals surface area contributed by atoms with E-state index in [-0.39, 0.29) is 6.03 Å². The van der Waals surface area contributed by atoms with Crippen molar-refractivity contribution in [3.05, 3.63) is 59.6 Å². The predicted molar refractivity (Wildman–Crippen MR) is 129 cm³/mol. The van der Waals surface area contributed by atoms with E-state index in [1.165, 1.54) is 32.8 Å². The molecule has 0 aliphatic carbocycles. The van der Waals surface area contributed by atoms with Crippen molar-refractivity contribution >= 4 is 34.8 Å². The summed E-state index contributed by atoms with van der Waals surface area (Å²) in [5.41, 5.74) is 2.88. The van der Waals surface area contributed by atoms with Crippen molar-refractivity contribution in [2.75, 3.05) is 35.7 Å². The second kappa shape index (κ2) is 10.3. The van der Waals surface area contributed by atoms with Crippen LogP contribution in [0, 0.1) is 0 Å². The van der Waals surface area contributed by atoms with Crippen molar-refractivity contribution in [2.24, 2.45) is 0 Å². The van der Waals surface area contributed by atoms with Gasteiger partial charge in [0, 0.05) is 29.4 Å². The largest absolute Gasteiger partial charge is 0.495 e. The van der Waals surface area contributed by atoms with E-state index >= 15 is 0 Å². The van der Waals surface area contributed by atoms with E-state index in [2.05, 4.69) is 25.7 Å². The number of aromatic nitrogens is 2. The SMILES string of the molecule is COc1ccc(Cl)cc1NC(=O)Nc1ccc(-c2ccc(N3CCCCCC3)nn2)cc1. The molecule has 0 radical (unpaired) electrons. The topological polar surface area (TPSA) is 79.4 Å². The summed E-state index contributed by atoms with van der Waals surface area (Å²) in [4.78, 5) is 14.7. The molecule has 1 aliphatic heterocycles. The van der Waals surface area contributed by atoms with Gasteiger partial charge in [0.05, 0.1) is 18.5 Å². The molecule has 0 unspecified atom stereocenters. The number of benzene rings is 2. The Morgan fingerprint density at radius 2 is 1.69 bits per heavy atom. The molecule has 32 heavy (non-hydrogen) atoms. The normalized spacial score (nSPS) is 13.9. The molecule has 166 valence electrons. The second-order valence-electron chi connectivity index (χ2n) is 7.68. The molecule has 0 spiro atoms. The Labute approximate surface area is 192 Å². The number of anilines is 3. The van der Waals surface area contributed by atoms with E-state index in [1.807, 2.05) is 36.4 Å². The fourth-order valence-corrected chi connectivity index (χ4v) is 3.91. The van der Waals surface area contributed by atoms with Gasteiger partial charge in [-0.3, -0.25) is 0 Å². The lowest BCUT2D eigenvalue weighted by Crippen LogP contribution is -2.25. The number of nitrogens with zero attached hydrogens (tertiary/aromatic N) is 3. The van der Waals surface area contributed by atoms with Crippen LogP contribution in [0.1, 0.15) is 25.7 Å². The van der Waals surface area contributed by atoms with Gasteiger partial charge < -0.3 is 20.3 Å². The number of carbonyl (C=O) groups is 1. The zero-order valence-electron chi connectivity index (χ0n) is 18.0. The van der Waals surface area contributed by atoms with Crippen LogP contribution in [0.4, 0.5) is 22.0 Å².